The molecule has 0 aliphatic carbocycles. The van der Waals surface area contributed by atoms with Crippen LogP contribution in [0, 0.1) is 5.82 Å². The van der Waals surface area contributed by atoms with E-state index in [1.54, 1.807) is 30.6 Å². The number of benzene rings is 1. The van der Waals surface area contributed by atoms with Gasteiger partial charge in [0.25, 0.3) is 0 Å². The third-order valence-corrected chi connectivity index (χ3v) is 3.97. The van der Waals surface area contributed by atoms with Crippen LogP contribution in [0.5, 0.6) is 0 Å². The number of rotatable bonds is 3. The molecule has 0 spiro atoms. The van der Waals surface area contributed by atoms with E-state index in [9.17, 15) is 4.39 Å². The van der Waals surface area contributed by atoms with Crippen LogP contribution in [0.25, 0.3) is 0 Å². The molecule has 1 heterocycles. The molecule has 1 unspecified atom stereocenters. The zero-order chi connectivity index (χ0) is 13.1. The lowest BCUT2D eigenvalue weighted by Crippen LogP contribution is -2.01. The van der Waals surface area contributed by atoms with Gasteiger partial charge in [0, 0.05) is 22.4 Å². The summed E-state index contributed by atoms with van der Waals surface area (Å²) in [4.78, 5) is 3.90. The van der Waals surface area contributed by atoms with Crippen LogP contribution in [0.3, 0.4) is 0 Å². The highest BCUT2D eigenvalue weighted by Crippen LogP contribution is 2.34. The van der Waals surface area contributed by atoms with E-state index in [-0.39, 0.29) is 5.82 Å². The molecule has 0 saturated heterocycles. The molecule has 5 heteroatoms. The lowest BCUT2D eigenvalue weighted by atomic mass is 10.0. The van der Waals surface area contributed by atoms with Gasteiger partial charge in [0.15, 0.2) is 0 Å². The first-order valence-corrected chi connectivity index (χ1v) is 6.86. The predicted molar refractivity (Wildman–Crippen MR) is 75.6 cm³/mol. The van der Waals surface area contributed by atoms with Crippen LogP contribution in [-0.4, -0.2) is 4.98 Å². The van der Waals surface area contributed by atoms with Gasteiger partial charge < -0.3 is 0 Å². The van der Waals surface area contributed by atoms with E-state index in [0.717, 1.165) is 5.56 Å². The fourth-order valence-corrected chi connectivity index (χ4v) is 3.01. The van der Waals surface area contributed by atoms with Crippen LogP contribution < -0.4 is 0 Å². The Morgan fingerprint density at radius 3 is 2.78 bits per heavy atom. The van der Waals surface area contributed by atoms with Crippen LogP contribution in [0.4, 0.5) is 4.39 Å². The minimum Gasteiger partial charge on any atom is -0.263 e. The summed E-state index contributed by atoms with van der Waals surface area (Å²) >= 11 is 15.6. The summed E-state index contributed by atoms with van der Waals surface area (Å²) < 4.78 is 14.4. The molecule has 2 aromatic rings. The van der Waals surface area contributed by atoms with Crippen LogP contribution in [0.1, 0.15) is 16.5 Å². The maximum Gasteiger partial charge on any atom is 0.129 e. The highest BCUT2D eigenvalue weighted by Gasteiger charge is 2.17. The van der Waals surface area contributed by atoms with E-state index in [4.69, 9.17) is 23.2 Å². The van der Waals surface area contributed by atoms with Crippen molar-refractivity contribution in [2.24, 2.45) is 0 Å². The van der Waals surface area contributed by atoms with Gasteiger partial charge in [-0.3, -0.25) is 4.98 Å². The Morgan fingerprint density at radius 2 is 2.11 bits per heavy atom. The maximum atomic E-state index is 13.7. The normalized spacial score (nSPS) is 12.4. The van der Waals surface area contributed by atoms with Gasteiger partial charge in [-0.2, -0.15) is 0 Å². The van der Waals surface area contributed by atoms with Gasteiger partial charge in [0.2, 0.25) is 0 Å². The second kappa shape index (κ2) is 6.00. The Morgan fingerprint density at radius 1 is 1.33 bits per heavy atom. The first-order valence-electron chi connectivity index (χ1n) is 5.26. The van der Waals surface area contributed by atoms with Crippen LogP contribution in [0.2, 0.25) is 5.02 Å². The van der Waals surface area contributed by atoms with Crippen molar-refractivity contribution in [1.29, 1.82) is 0 Å². The van der Waals surface area contributed by atoms with Gasteiger partial charge >= 0.3 is 0 Å². The smallest absolute Gasteiger partial charge is 0.129 e. The number of nitrogens with zero attached hydrogens (tertiary/aromatic N) is 1. The van der Waals surface area contributed by atoms with Gasteiger partial charge in [-0.15, -0.1) is 11.6 Å². The molecule has 94 valence electrons. The fourth-order valence-electron chi connectivity index (χ4n) is 1.67. The molecule has 1 aromatic carbocycles. The number of aromatic nitrogens is 1. The average molecular weight is 349 g/mol. The Bertz CT molecular complexity index is 542. The molecule has 1 atom stereocenters. The fraction of sp³-hybridized carbons (Fsp3) is 0.154. The van der Waals surface area contributed by atoms with Gasteiger partial charge in [-0.05, 0) is 30.2 Å². The van der Waals surface area contributed by atoms with E-state index < -0.39 is 5.38 Å². The third-order valence-electron chi connectivity index (χ3n) is 2.57. The molecule has 2 rings (SSSR count). The monoisotopic (exact) mass is 347 g/mol. The second-order valence-corrected chi connectivity index (χ2v) is 5.56. The number of pyridine rings is 1. The second-order valence-electron chi connectivity index (χ2n) is 3.77. The Hall–Kier alpha value is -0.640. The van der Waals surface area contributed by atoms with Crippen molar-refractivity contribution in [3.8, 4) is 0 Å². The van der Waals surface area contributed by atoms with Crippen molar-refractivity contribution >= 4 is 39.1 Å². The van der Waals surface area contributed by atoms with Crippen LogP contribution in [-0.2, 0) is 6.42 Å². The Balaban J connectivity index is 2.28. The minimum absolute atomic E-state index is 0.324. The van der Waals surface area contributed by atoms with Crippen LogP contribution >= 0.6 is 39.1 Å². The van der Waals surface area contributed by atoms with E-state index in [0.29, 0.717) is 21.5 Å². The molecular weight excluding hydrogens is 340 g/mol. The number of alkyl halides is 1. The summed E-state index contributed by atoms with van der Waals surface area (Å²) in [5.41, 5.74) is 1.30. The van der Waals surface area contributed by atoms with Gasteiger partial charge in [-0.25, -0.2) is 4.39 Å². The quantitative estimate of drug-likeness (QED) is 0.698. The van der Waals surface area contributed by atoms with E-state index in [2.05, 4.69) is 20.9 Å². The Kier molecular flexibility index (Phi) is 4.60. The van der Waals surface area contributed by atoms with E-state index in [1.807, 2.05) is 0 Å². The minimum atomic E-state index is -0.486. The average Bonchev–Trinajstić information content (AvgIpc) is 2.32. The van der Waals surface area contributed by atoms with Crippen molar-refractivity contribution in [1.82, 2.24) is 4.98 Å². The summed E-state index contributed by atoms with van der Waals surface area (Å²) in [6.45, 7) is 0. The summed E-state index contributed by atoms with van der Waals surface area (Å²) in [6, 6.07) is 6.57. The van der Waals surface area contributed by atoms with Gasteiger partial charge in [-0.1, -0.05) is 33.6 Å². The summed E-state index contributed by atoms with van der Waals surface area (Å²) in [6.07, 6.45) is 3.64. The summed E-state index contributed by atoms with van der Waals surface area (Å²) in [7, 11) is 0. The molecule has 0 bridgehead atoms. The highest BCUT2D eigenvalue weighted by atomic mass is 79.9. The van der Waals surface area contributed by atoms with Crippen molar-refractivity contribution in [2.75, 3.05) is 0 Å². The zero-order valence-electron chi connectivity index (χ0n) is 9.21. The largest absolute Gasteiger partial charge is 0.263 e. The predicted octanol–water partition coefficient (Wildman–Crippen LogP) is 5.16. The topological polar surface area (TPSA) is 12.9 Å². The zero-order valence-corrected chi connectivity index (χ0v) is 12.3. The number of hydrogen-bond donors (Lipinski definition) is 0. The molecule has 0 amide bonds. The van der Waals surface area contributed by atoms with Crippen LogP contribution in [0.15, 0.2) is 41.1 Å². The highest BCUT2D eigenvalue weighted by molar-refractivity contribution is 9.10. The van der Waals surface area contributed by atoms with E-state index in [1.165, 1.54) is 6.07 Å². The first kappa shape index (κ1) is 13.8. The molecule has 18 heavy (non-hydrogen) atoms. The lowest BCUT2D eigenvalue weighted by Gasteiger charge is -2.13. The molecule has 0 fully saturated rings. The molecule has 0 aliphatic rings. The SMILES string of the molecule is Fc1cccc(Br)c1C(Cl)Cc1ccncc1Cl. The van der Waals surface area contributed by atoms with E-state index >= 15 is 0 Å². The summed E-state index contributed by atoms with van der Waals surface area (Å²) in [5.74, 6) is -0.324. The standard InChI is InChI=1S/C13H9BrCl2FN/c14-9-2-1-3-12(17)13(9)10(15)6-8-4-5-18-7-11(8)16/h1-5,7,10H,6H2. The van der Waals surface area contributed by atoms with Crippen molar-refractivity contribution in [2.45, 2.75) is 11.8 Å². The van der Waals surface area contributed by atoms with Crippen molar-refractivity contribution in [3.05, 3.63) is 63.1 Å². The molecule has 1 nitrogen and oxygen atoms in total. The molecule has 0 N–H and O–H groups in total. The molecule has 1 aromatic heterocycles. The van der Waals surface area contributed by atoms with Crippen molar-refractivity contribution in [3.63, 3.8) is 0 Å². The summed E-state index contributed by atoms with van der Waals surface area (Å²) in [5, 5.41) is 0.0519. The van der Waals surface area contributed by atoms with Crippen molar-refractivity contribution < 1.29 is 4.39 Å². The third kappa shape index (κ3) is 3.02. The number of hydrogen-bond acceptors (Lipinski definition) is 1. The van der Waals surface area contributed by atoms with Gasteiger partial charge in [0.05, 0.1) is 10.4 Å². The first-order chi connectivity index (χ1) is 8.59. The van der Waals surface area contributed by atoms with Gasteiger partial charge in [0.1, 0.15) is 5.82 Å². The molecule has 0 radical (unpaired) electrons. The molecular formula is C13H9BrCl2FN. The lowest BCUT2D eigenvalue weighted by molar-refractivity contribution is 0.604. The number of halogens is 4. The molecule has 0 aliphatic heterocycles. The maximum absolute atomic E-state index is 13.7. The molecule has 0 saturated carbocycles. The Labute approximate surface area is 123 Å².